The lowest BCUT2D eigenvalue weighted by atomic mass is 10.2. The van der Waals surface area contributed by atoms with E-state index in [9.17, 15) is 8.42 Å². The van der Waals surface area contributed by atoms with Crippen LogP contribution in [0.25, 0.3) is 0 Å². The van der Waals surface area contributed by atoms with E-state index in [4.69, 9.17) is 0 Å². The molecule has 0 spiro atoms. The maximum Gasteiger partial charge on any atom is 0.236 e. The predicted octanol–water partition coefficient (Wildman–Crippen LogP) is 3.00. The number of nitrogens with zero attached hydrogens (tertiary/aromatic N) is 1. The molecule has 0 aliphatic heterocycles. The Morgan fingerprint density at radius 3 is 2.36 bits per heavy atom. The second kappa shape index (κ2) is 6.94. The summed E-state index contributed by atoms with van der Waals surface area (Å²) in [6.07, 6.45) is 0. The summed E-state index contributed by atoms with van der Waals surface area (Å²) in [5.41, 5.74) is 3.52. The molecule has 4 nitrogen and oxygen atoms in total. The summed E-state index contributed by atoms with van der Waals surface area (Å²) in [5, 5.41) is 0. The zero-order valence-electron chi connectivity index (χ0n) is 13.2. The minimum Gasteiger partial charge on any atom is -0.305 e. The molecule has 0 unspecified atom stereocenters. The van der Waals surface area contributed by atoms with E-state index in [2.05, 4.69) is 4.72 Å². The van der Waals surface area contributed by atoms with Gasteiger partial charge in [-0.2, -0.15) is 0 Å². The van der Waals surface area contributed by atoms with E-state index < -0.39 is 10.0 Å². The monoisotopic (exact) mass is 318 g/mol. The molecular weight excluding hydrogens is 296 g/mol. The first kappa shape index (κ1) is 16.5. The van der Waals surface area contributed by atoms with Crippen molar-refractivity contribution in [2.75, 3.05) is 18.8 Å². The first-order chi connectivity index (χ1) is 10.3. The highest BCUT2D eigenvalue weighted by molar-refractivity contribution is 7.91. The molecule has 0 aromatic heterocycles. The lowest BCUT2D eigenvalue weighted by Crippen LogP contribution is -2.16. The van der Waals surface area contributed by atoms with Gasteiger partial charge in [0.05, 0.1) is 5.75 Å². The van der Waals surface area contributed by atoms with Crippen LogP contribution in [-0.4, -0.2) is 27.4 Å². The Morgan fingerprint density at radius 1 is 1.00 bits per heavy atom. The molecule has 0 aliphatic rings. The Balaban J connectivity index is 2.11. The average molecular weight is 318 g/mol. The van der Waals surface area contributed by atoms with Crippen molar-refractivity contribution in [3.05, 3.63) is 65.2 Å². The zero-order valence-corrected chi connectivity index (χ0v) is 14.0. The SMILES string of the molecule is Cc1cccc(CS(=O)(=O)Nc2cccc(CN(C)C)c2)c1. The van der Waals surface area contributed by atoms with Gasteiger partial charge >= 0.3 is 0 Å². The standard InChI is InChI=1S/C17H22N2O2S/c1-14-6-4-8-16(10-14)13-22(20,21)18-17-9-5-7-15(11-17)12-19(2)3/h4-11,18H,12-13H2,1-3H3. The molecule has 0 amide bonds. The number of sulfonamides is 1. The molecule has 0 saturated heterocycles. The van der Waals surface area contributed by atoms with Gasteiger partial charge in [0.2, 0.25) is 10.0 Å². The molecule has 5 heteroatoms. The second-order valence-corrected chi connectivity index (χ2v) is 7.51. The number of anilines is 1. The van der Waals surface area contributed by atoms with Crippen LogP contribution in [0, 0.1) is 6.92 Å². The van der Waals surface area contributed by atoms with E-state index in [0.29, 0.717) is 5.69 Å². The van der Waals surface area contributed by atoms with Gasteiger partial charge in [-0.3, -0.25) is 4.72 Å². The third-order valence-corrected chi connectivity index (χ3v) is 4.40. The van der Waals surface area contributed by atoms with Gasteiger partial charge in [-0.05, 0) is 44.3 Å². The molecule has 0 heterocycles. The summed E-state index contributed by atoms with van der Waals surface area (Å²) >= 11 is 0. The number of rotatable bonds is 6. The molecule has 1 N–H and O–H groups in total. The van der Waals surface area contributed by atoms with E-state index in [1.807, 2.05) is 68.4 Å². The van der Waals surface area contributed by atoms with Crippen LogP contribution in [0.4, 0.5) is 5.69 Å². The summed E-state index contributed by atoms with van der Waals surface area (Å²) in [5.74, 6) is -0.0212. The van der Waals surface area contributed by atoms with Gasteiger partial charge in [0.15, 0.2) is 0 Å². The summed E-state index contributed by atoms with van der Waals surface area (Å²) in [7, 11) is 0.548. The van der Waals surface area contributed by atoms with Gasteiger partial charge in [-0.15, -0.1) is 0 Å². The first-order valence-corrected chi connectivity index (χ1v) is 8.79. The fourth-order valence-corrected chi connectivity index (χ4v) is 3.51. The molecule has 2 aromatic rings. The van der Waals surface area contributed by atoms with Crippen LogP contribution in [0.1, 0.15) is 16.7 Å². The smallest absolute Gasteiger partial charge is 0.236 e. The van der Waals surface area contributed by atoms with Gasteiger partial charge in [-0.1, -0.05) is 42.0 Å². The highest BCUT2D eigenvalue weighted by Gasteiger charge is 2.12. The van der Waals surface area contributed by atoms with Gasteiger partial charge in [0.1, 0.15) is 0 Å². The lowest BCUT2D eigenvalue weighted by molar-refractivity contribution is 0.402. The van der Waals surface area contributed by atoms with E-state index in [-0.39, 0.29) is 5.75 Å². The van der Waals surface area contributed by atoms with Crippen molar-refractivity contribution in [1.82, 2.24) is 4.90 Å². The number of hydrogen-bond donors (Lipinski definition) is 1. The minimum absolute atomic E-state index is 0.0212. The highest BCUT2D eigenvalue weighted by Crippen LogP contribution is 2.16. The number of hydrogen-bond acceptors (Lipinski definition) is 3. The first-order valence-electron chi connectivity index (χ1n) is 7.14. The van der Waals surface area contributed by atoms with Gasteiger partial charge in [0, 0.05) is 12.2 Å². The van der Waals surface area contributed by atoms with Crippen LogP contribution in [0.5, 0.6) is 0 Å². The van der Waals surface area contributed by atoms with Crippen LogP contribution in [-0.2, 0) is 22.3 Å². The lowest BCUT2D eigenvalue weighted by Gasteiger charge is -2.12. The molecular formula is C17H22N2O2S. The molecule has 0 atom stereocenters. The van der Waals surface area contributed by atoms with Crippen LogP contribution >= 0.6 is 0 Å². The third-order valence-electron chi connectivity index (χ3n) is 3.14. The van der Waals surface area contributed by atoms with Crippen molar-refractivity contribution in [2.24, 2.45) is 0 Å². The summed E-state index contributed by atoms with van der Waals surface area (Å²) in [4.78, 5) is 2.04. The van der Waals surface area contributed by atoms with E-state index in [1.54, 1.807) is 6.07 Å². The Bertz CT molecular complexity index is 740. The van der Waals surface area contributed by atoms with E-state index in [1.165, 1.54) is 0 Å². The minimum atomic E-state index is -3.41. The Hall–Kier alpha value is -1.85. The Kier molecular flexibility index (Phi) is 5.21. The van der Waals surface area contributed by atoms with Crippen molar-refractivity contribution >= 4 is 15.7 Å². The molecule has 0 bridgehead atoms. The highest BCUT2D eigenvalue weighted by atomic mass is 32.2. The topological polar surface area (TPSA) is 49.4 Å². The molecule has 0 saturated carbocycles. The van der Waals surface area contributed by atoms with Gasteiger partial charge in [0.25, 0.3) is 0 Å². The maximum atomic E-state index is 12.3. The molecule has 22 heavy (non-hydrogen) atoms. The molecule has 0 fully saturated rings. The fourth-order valence-electron chi connectivity index (χ4n) is 2.34. The predicted molar refractivity (Wildman–Crippen MR) is 91.3 cm³/mol. The van der Waals surface area contributed by atoms with Crippen molar-refractivity contribution in [3.63, 3.8) is 0 Å². The number of benzene rings is 2. The van der Waals surface area contributed by atoms with Crippen LogP contribution in [0.3, 0.4) is 0 Å². The largest absolute Gasteiger partial charge is 0.305 e. The third kappa shape index (κ3) is 5.16. The number of aryl methyl sites for hydroxylation is 1. The summed E-state index contributed by atoms with van der Waals surface area (Å²) < 4.78 is 27.2. The Labute approximate surface area is 132 Å². The fraction of sp³-hybridized carbons (Fsp3) is 0.294. The summed E-state index contributed by atoms with van der Waals surface area (Å²) in [6.45, 7) is 2.72. The van der Waals surface area contributed by atoms with Crippen molar-refractivity contribution in [1.29, 1.82) is 0 Å². The van der Waals surface area contributed by atoms with Crippen LogP contribution in [0.2, 0.25) is 0 Å². The quantitative estimate of drug-likeness (QED) is 0.891. The zero-order chi connectivity index (χ0) is 16.2. The second-order valence-electron chi connectivity index (χ2n) is 5.79. The molecule has 118 valence electrons. The normalized spacial score (nSPS) is 11.6. The molecule has 2 aromatic carbocycles. The van der Waals surface area contributed by atoms with Crippen LogP contribution < -0.4 is 4.72 Å². The van der Waals surface area contributed by atoms with Gasteiger partial charge < -0.3 is 4.90 Å². The maximum absolute atomic E-state index is 12.3. The van der Waals surface area contributed by atoms with Crippen molar-refractivity contribution in [2.45, 2.75) is 19.2 Å². The molecule has 0 radical (unpaired) electrons. The van der Waals surface area contributed by atoms with Gasteiger partial charge in [-0.25, -0.2) is 8.42 Å². The van der Waals surface area contributed by atoms with Crippen molar-refractivity contribution in [3.8, 4) is 0 Å². The van der Waals surface area contributed by atoms with Crippen LogP contribution in [0.15, 0.2) is 48.5 Å². The Morgan fingerprint density at radius 2 is 1.68 bits per heavy atom. The van der Waals surface area contributed by atoms with E-state index >= 15 is 0 Å². The molecule has 2 rings (SSSR count). The van der Waals surface area contributed by atoms with E-state index in [0.717, 1.165) is 23.2 Å². The van der Waals surface area contributed by atoms with Crippen molar-refractivity contribution < 1.29 is 8.42 Å². The summed E-state index contributed by atoms with van der Waals surface area (Å²) in [6, 6.07) is 15.0. The molecule has 0 aliphatic carbocycles. The number of nitrogens with one attached hydrogen (secondary N) is 1. The average Bonchev–Trinajstić information content (AvgIpc) is 2.36.